The number of aromatic nitrogens is 12. The number of nitrogens with one attached hydrogen (secondary N) is 3. The van der Waals surface area contributed by atoms with Gasteiger partial charge in [0.05, 0.1) is 63.6 Å². The topological polar surface area (TPSA) is 365 Å². The fourth-order valence-corrected chi connectivity index (χ4v) is 12.6. The minimum Gasteiger partial charge on any atom is -0.369 e. The smallest absolute Gasteiger partial charge is 0.345 e. The van der Waals surface area contributed by atoms with Crippen molar-refractivity contribution in [3.63, 3.8) is 0 Å². The first kappa shape index (κ1) is 47.6. The summed E-state index contributed by atoms with van der Waals surface area (Å²) in [5.41, 5.74) is 16.9. The van der Waals surface area contributed by atoms with Crippen LogP contribution in [0.2, 0.25) is 0 Å². The molecule has 68 heavy (non-hydrogen) atoms. The fourth-order valence-electron chi connectivity index (χ4n) is 8.60. The number of nitrogens with two attached hydrogens (primary N) is 3. The number of nitrogen functional groups attached to an aromatic ring is 3. The molecule has 3 fully saturated rings. The Kier molecular flexibility index (Phi) is 12.9. The lowest BCUT2D eigenvalue weighted by molar-refractivity contribution is -0.131. The van der Waals surface area contributed by atoms with Gasteiger partial charge in [-0.05, 0) is 41.7 Å². The Morgan fingerprint density at radius 2 is 0.956 bits per heavy atom. The molecular formula is C36H54N20O10P2. The van der Waals surface area contributed by atoms with Gasteiger partial charge < -0.3 is 40.5 Å². The normalized spacial score (nSPS) is 25.5. The summed E-state index contributed by atoms with van der Waals surface area (Å²) in [6.07, 6.45) is 0.381. The number of likely N-dealkylation sites (N-methyl/N-ethyl adjacent to an activating group) is 1. The van der Waals surface area contributed by atoms with Gasteiger partial charge in [-0.15, -0.1) is 0 Å². The van der Waals surface area contributed by atoms with Crippen molar-refractivity contribution in [2.24, 2.45) is 0 Å². The highest BCUT2D eigenvalue weighted by molar-refractivity contribution is 7.54. The molecule has 0 saturated carbocycles. The average molecular weight is 989 g/mol. The number of hydrogen-bond acceptors (Lipinski definition) is 20. The Morgan fingerprint density at radius 3 is 1.34 bits per heavy atom. The lowest BCUT2D eigenvalue weighted by atomic mass is 10.2. The zero-order chi connectivity index (χ0) is 48.4. The van der Waals surface area contributed by atoms with Gasteiger partial charge in [0.15, 0.2) is 33.5 Å². The van der Waals surface area contributed by atoms with Crippen LogP contribution in [0.4, 0.5) is 17.8 Å². The number of anilines is 3. The van der Waals surface area contributed by atoms with Gasteiger partial charge in [0.2, 0.25) is 17.8 Å². The number of imidazole rings is 3. The number of rotatable bonds is 14. The summed E-state index contributed by atoms with van der Waals surface area (Å²) < 4.78 is 74.2. The second kappa shape index (κ2) is 18.4. The van der Waals surface area contributed by atoms with Crippen LogP contribution >= 0.6 is 15.3 Å². The van der Waals surface area contributed by atoms with E-state index in [-0.39, 0.29) is 90.7 Å². The highest BCUT2D eigenvalue weighted by atomic mass is 31.2. The Bertz CT molecular complexity index is 3110. The maximum absolute atomic E-state index is 15.4. The minimum atomic E-state index is -3.99. The summed E-state index contributed by atoms with van der Waals surface area (Å²) >= 11 is 0. The molecule has 0 spiro atoms. The Balaban J connectivity index is 0.988. The van der Waals surface area contributed by atoms with Crippen molar-refractivity contribution in [3.8, 4) is 0 Å². The second-order valence-corrected chi connectivity index (χ2v) is 22.3. The van der Waals surface area contributed by atoms with Crippen LogP contribution in [-0.4, -0.2) is 188 Å². The van der Waals surface area contributed by atoms with Gasteiger partial charge in [-0.1, -0.05) is 6.92 Å². The van der Waals surface area contributed by atoms with Crippen LogP contribution in [0.25, 0.3) is 33.5 Å². The summed E-state index contributed by atoms with van der Waals surface area (Å²) in [6, 6.07) is 0. The van der Waals surface area contributed by atoms with Gasteiger partial charge in [-0.3, -0.25) is 57.1 Å². The predicted octanol–water partition coefficient (Wildman–Crippen LogP) is -0.857. The lowest BCUT2D eigenvalue weighted by Crippen LogP contribution is -2.49. The molecule has 0 amide bonds. The molecule has 0 aromatic carbocycles. The van der Waals surface area contributed by atoms with Crippen molar-refractivity contribution >= 4 is 66.7 Å². The Labute approximate surface area is 385 Å². The molecule has 368 valence electrons. The number of aromatic amines is 3. The van der Waals surface area contributed by atoms with Crippen molar-refractivity contribution in [2.75, 3.05) is 105 Å². The Morgan fingerprint density at radius 1 is 0.603 bits per heavy atom. The Hall–Kier alpha value is -5.49. The second-order valence-electron chi connectivity index (χ2n) is 17.1. The molecule has 3 saturated heterocycles. The van der Waals surface area contributed by atoms with Crippen LogP contribution in [0.5, 0.6) is 0 Å². The summed E-state index contributed by atoms with van der Waals surface area (Å²) in [5, 5.41) is 0. The molecule has 8 atom stereocenters. The van der Waals surface area contributed by atoms with Gasteiger partial charge in [-0.2, -0.15) is 15.0 Å². The third-order valence-corrected chi connectivity index (χ3v) is 17.0. The van der Waals surface area contributed by atoms with E-state index in [1.165, 1.54) is 32.9 Å². The molecule has 3 aliphatic heterocycles. The van der Waals surface area contributed by atoms with Crippen molar-refractivity contribution < 1.29 is 32.4 Å². The standard InChI is InChI=1S/C36H54N20O10P2/c1-7-19-9-52(12-23(64-19)55-17-41-26-29(55)44-35(38)47-32(26)58)67(60,49(2)3)63-15-21-10-53(13-24(66-21)56-18-42-27-30(56)45-36(39)48-33(27)59)68(61,50(4)5)62-14-20-8-51(6)11-22(65-20)54-16-40-25-28(54)43-34(37)46-31(25)57/h16-24H,7-15H2,1-6H3,(H3,37,43,46,57)(H3,38,44,47,58)(H3,39,45,48,59)/t19-,20+,21+,22-,23-,24-,67?,68?/m1/s1. The van der Waals surface area contributed by atoms with Crippen molar-refractivity contribution in [2.45, 2.75) is 50.3 Å². The number of fused-ring (bicyclic) bond motifs is 3. The van der Waals surface area contributed by atoms with E-state index in [9.17, 15) is 14.4 Å². The average Bonchev–Trinajstić information content (AvgIpc) is 4.04. The zero-order valence-corrected chi connectivity index (χ0v) is 39.8. The first-order valence-corrected chi connectivity index (χ1v) is 24.6. The molecule has 30 nitrogen and oxygen atoms in total. The molecule has 6 aromatic heterocycles. The van der Waals surface area contributed by atoms with E-state index in [4.69, 9.17) is 40.5 Å². The summed E-state index contributed by atoms with van der Waals surface area (Å²) in [6.45, 7) is 2.48. The van der Waals surface area contributed by atoms with E-state index >= 15 is 9.13 Å². The van der Waals surface area contributed by atoms with E-state index in [1.54, 1.807) is 46.7 Å². The largest absolute Gasteiger partial charge is 0.369 e. The monoisotopic (exact) mass is 988 g/mol. The van der Waals surface area contributed by atoms with Gasteiger partial charge in [0.1, 0.15) is 18.7 Å². The van der Waals surface area contributed by atoms with Crippen LogP contribution < -0.4 is 33.9 Å². The molecule has 3 aliphatic rings. The van der Waals surface area contributed by atoms with E-state index in [2.05, 4.69) is 44.9 Å². The third-order valence-electron chi connectivity index (χ3n) is 11.9. The van der Waals surface area contributed by atoms with Gasteiger partial charge in [-0.25, -0.2) is 33.6 Å². The zero-order valence-electron chi connectivity index (χ0n) is 38.0. The van der Waals surface area contributed by atoms with E-state index in [0.717, 1.165) is 0 Å². The van der Waals surface area contributed by atoms with Gasteiger partial charge in [0.25, 0.3) is 16.7 Å². The SMILES string of the molecule is CC[C@@H]1CN(P(=O)(OC[C@@H]2CN(P(=O)(OC[C@@H]3CN(C)C[C@H](n4cnc5c(=O)[nH]c(N)nc54)O3)N(C)C)C[C@H](n3cnc4c(=O)[nH]c(N)nc43)O2)N(C)C)C[C@H](n2cnc3c(=O)[nH]c(N)nc32)O1. The highest BCUT2D eigenvalue weighted by Gasteiger charge is 2.46. The van der Waals surface area contributed by atoms with Crippen LogP contribution in [0.1, 0.15) is 32.0 Å². The molecule has 9 rings (SSSR count). The van der Waals surface area contributed by atoms with E-state index in [0.29, 0.717) is 19.5 Å². The maximum atomic E-state index is 15.4. The molecule has 0 radical (unpaired) electrons. The molecule has 0 aliphatic carbocycles. The van der Waals surface area contributed by atoms with Gasteiger partial charge in [0, 0.05) is 26.2 Å². The summed E-state index contributed by atoms with van der Waals surface area (Å²) in [4.78, 5) is 73.1. The number of nitrogens with zero attached hydrogens (tertiary/aromatic N) is 14. The number of morpholine rings is 3. The summed E-state index contributed by atoms with van der Waals surface area (Å²) in [5.74, 6) is -0.326. The molecule has 2 unspecified atom stereocenters. The first-order valence-electron chi connectivity index (χ1n) is 21.5. The lowest BCUT2D eigenvalue weighted by Gasteiger charge is -2.45. The number of H-pyrrole nitrogens is 3. The van der Waals surface area contributed by atoms with Gasteiger partial charge >= 0.3 is 15.3 Å². The summed E-state index contributed by atoms with van der Waals surface area (Å²) in [7, 11) is 0.487. The maximum Gasteiger partial charge on any atom is 0.345 e. The first-order chi connectivity index (χ1) is 32.3. The fraction of sp³-hybridized carbons (Fsp3) is 0.583. The third kappa shape index (κ3) is 8.86. The van der Waals surface area contributed by atoms with Crippen LogP contribution in [0, 0.1) is 0 Å². The highest BCUT2D eigenvalue weighted by Crippen LogP contribution is 2.57. The molecule has 6 aromatic rings. The van der Waals surface area contributed by atoms with Crippen molar-refractivity contribution in [1.29, 1.82) is 0 Å². The molecule has 0 bridgehead atoms. The van der Waals surface area contributed by atoms with E-state index < -0.39 is 69.0 Å². The van der Waals surface area contributed by atoms with Crippen LogP contribution in [0.15, 0.2) is 33.4 Å². The molecule has 9 N–H and O–H groups in total. The molecular weight excluding hydrogens is 934 g/mol. The quantitative estimate of drug-likeness (QED) is 0.0723. The van der Waals surface area contributed by atoms with Crippen molar-refractivity contribution in [3.05, 3.63) is 50.0 Å². The van der Waals surface area contributed by atoms with Crippen LogP contribution in [-0.2, 0) is 32.4 Å². The van der Waals surface area contributed by atoms with Crippen molar-refractivity contribution in [1.82, 2.24) is 82.1 Å². The number of hydrogen-bond donors (Lipinski definition) is 6. The number of ether oxygens (including phenoxy) is 3. The molecule has 9 heterocycles. The van der Waals surface area contributed by atoms with E-state index in [1.807, 2.05) is 18.9 Å². The van der Waals surface area contributed by atoms with Crippen LogP contribution in [0.3, 0.4) is 0 Å². The minimum absolute atomic E-state index is 0.00123. The molecule has 32 heteroatoms. The predicted molar refractivity (Wildman–Crippen MR) is 245 cm³/mol.